The highest BCUT2D eigenvalue weighted by Crippen LogP contribution is 1.97. The van der Waals surface area contributed by atoms with Crippen LogP contribution >= 0.6 is 0 Å². The predicted molar refractivity (Wildman–Crippen MR) is 101 cm³/mol. The van der Waals surface area contributed by atoms with E-state index in [-0.39, 0.29) is 32.0 Å². The summed E-state index contributed by atoms with van der Waals surface area (Å²) in [6.45, 7) is 3.78. The minimum absolute atomic E-state index is 0.0353. The third-order valence-electron chi connectivity index (χ3n) is 3.94. The van der Waals surface area contributed by atoms with E-state index in [0.717, 1.165) is 0 Å². The van der Waals surface area contributed by atoms with Crippen molar-refractivity contribution in [1.82, 2.24) is 19.6 Å². The van der Waals surface area contributed by atoms with Crippen molar-refractivity contribution < 1.29 is 34.5 Å². The van der Waals surface area contributed by atoms with Crippen molar-refractivity contribution in [3.8, 4) is 0 Å². The second-order valence-electron chi connectivity index (χ2n) is 6.91. The summed E-state index contributed by atoms with van der Waals surface area (Å²) in [4.78, 5) is 50.8. The highest BCUT2D eigenvalue weighted by Gasteiger charge is 2.15. The van der Waals surface area contributed by atoms with Gasteiger partial charge in [0.2, 0.25) is 0 Å². The van der Waals surface area contributed by atoms with Crippen molar-refractivity contribution in [3.05, 3.63) is 0 Å². The number of Topliss-reactive ketones (excluding diaryl/α,β-unsaturated/α-hetero) is 1. The summed E-state index contributed by atoms with van der Waals surface area (Å²) in [7, 11) is 3.32. The molecule has 0 aromatic rings. The van der Waals surface area contributed by atoms with Crippen molar-refractivity contribution in [1.29, 1.82) is 0 Å². The van der Waals surface area contributed by atoms with Gasteiger partial charge in [-0.2, -0.15) is 0 Å². The van der Waals surface area contributed by atoms with Gasteiger partial charge in [-0.3, -0.25) is 38.8 Å². The Hall–Kier alpha value is -2.08. The van der Waals surface area contributed by atoms with E-state index in [1.54, 1.807) is 28.8 Å². The number of carbonyl (C=O) groups excluding carboxylic acids is 1. The normalized spacial score (nSPS) is 11.5. The molecule has 0 saturated heterocycles. The van der Waals surface area contributed by atoms with E-state index in [1.165, 1.54) is 6.92 Å². The van der Waals surface area contributed by atoms with Crippen LogP contribution in [0.2, 0.25) is 0 Å². The summed E-state index contributed by atoms with van der Waals surface area (Å²) in [5.74, 6) is -2.91. The predicted octanol–water partition coefficient (Wildman–Crippen LogP) is -1.70. The highest BCUT2D eigenvalue weighted by molar-refractivity contribution is 5.77. The molecule has 3 N–H and O–H groups in total. The van der Waals surface area contributed by atoms with Crippen LogP contribution in [-0.4, -0.2) is 138 Å². The van der Waals surface area contributed by atoms with Gasteiger partial charge in [-0.15, -0.1) is 0 Å². The van der Waals surface area contributed by atoms with Crippen LogP contribution in [0, 0.1) is 0 Å². The van der Waals surface area contributed by atoms with Crippen molar-refractivity contribution in [2.45, 2.75) is 6.92 Å². The number of likely N-dealkylation sites (N-methyl/N-ethyl adjacent to an activating group) is 2. The van der Waals surface area contributed by atoms with Crippen LogP contribution in [0.3, 0.4) is 0 Å². The van der Waals surface area contributed by atoms with E-state index in [2.05, 4.69) is 0 Å². The van der Waals surface area contributed by atoms with E-state index >= 15 is 0 Å². The number of hydrogen-bond donors (Lipinski definition) is 3. The number of aliphatic carboxylic acids is 3. The van der Waals surface area contributed by atoms with E-state index in [1.807, 2.05) is 4.90 Å². The number of carboxylic acid groups (broad SMARTS) is 3. The van der Waals surface area contributed by atoms with Crippen LogP contribution in [-0.2, 0) is 19.2 Å². The van der Waals surface area contributed by atoms with Crippen LogP contribution < -0.4 is 0 Å². The third-order valence-corrected chi connectivity index (χ3v) is 3.94. The second kappa shape index (κ2) is 14.0. The molecule has 0 atom stereocenters. The highest BCUT2D eigenvalue weighted by atomic mass is 16.4. The zero-order valence-corrected chi connectivity index (χ0v) is 16.8. The lowest BCUT2D eigenvalue weighted by Gasteiger charge is -2.28. The molecule has 162 valence electrons. The van der Waals surface area contributed by atoms with Gasteiger partial charge in [0.1, 0.15) is 5.78 Å². The molecule has 11 nitrogen and oxygen atoms in total. The van der Waals surface area contributed by atoms with Gasteiger partial charge in [-0.25, -0.2) is 0 Å². The molecule has 0 aromatic heterocycles. The summed E-state index contributed by atoms with van der Waals surface area (Å²) >= 11 is 0. The standard InChI is InChI=1S/C17H32N4O7/c1-14(22)10-20(6-4-18(2)11-15(23)24)8-9-21(13-17(27)28)7-5-19(3)12-16(25)26/h4-13H2,1-3H3,(H,23,24)(H,25,26)(H,27,28). The first-order chi connectivity index (χ1) is 13.0. The summed E-state index contributed by atoms with van der Waals surface area (Å²) in [6.07, 6.45) is 0. The van der Waals surface area contributed by atoms with Crippen molar-refractivity contribution in [2.24, 2.45) is 0 Å². The maximum atomic E-state index is 11.5. The van der Waals surface area contributed by atoms with Crippen LogP contribution in [0.5, 0.6) is 0 Å². The number of carbonyl (C=O) groups is 4. The van der Waals surface area contributed by atoms with Gasteiger partial charge in [0.15, 0.2) is 0 Å². The first kappa shape index (κ1) is 25.9. The van der Waals surface area contributed by atoms with Crippen molar-refractivity contribution in [3.63, 3.8) is 0 Å². The van der Waals surface area contributed by atoms with Gasteiger partial charge in [-0.1, -0.05) is 0 Å². The van der Waals surface area contributed by atoms with Gasteiger partial charge in [0.05, 0.1) is 26.2 Å². The maximum Gasteiger partial charge on any atom is 0.317 e. The number of rotatable bonds is 17. The number of ketones is 1. The van der Waals surface area contributed by atoms with Gasteiger partial charge in [0.25, 0.3) is 0 Å². The average molecular weight is 404 g/mol. The molecule has 0 aliphatic rings. The van der Waals surface area contributed by atoms with Crippen LogP contribution in [0.15, 0.2) is 0 Å². The number of hydrogen-bond acceptors (Lipinski definition) is 8. The topological polar surface area (TPSA) is 142 Å². The minimum atomic E-state index is -0.986. The Labute approximate surface area is 165 Å². The smallest absolute Gasteiger partial charge is 0.317 e. The van der Waals surface area contributed by atoms with E-state index in [9.17, 15) is 19.2 Å². The Morgan fingerprint density at radius 3 is 1.21 bits per heavy atom. The third kappa shape index (κ3) is 15.0. The molecule has 0 heterocycles. The van der Waals surface area contributed by atoms with Crippen molar-refractivity contribution >= 4 is 23.7 Å². The van der Waals surface area contributed by atoms with Gasteiger partial charge >= 0.3 is 17.9 Å². The summed E-state index contributed by atoms with van der Waals surface area (Å²) in [5, 5.41) is 26.7. The molecule has 28 heavy (non-hydrogen) atoms. The fourth-order valence-electron chi connectivity index (χ4n) is 2.57. The SMILES string of the molecule is CC(=O)CN(CCN(C)CC(=O)O)CCN(CCN(C)CC(=O)O)CC(=O)O. The molecule has 0 spiro atoms. The average Bonchev–Trinajstić information content (AvgIpc) is 2.52. The summed E-state index contributed by atoms with van der Waals surface area (Å²) < 4.78 is 0. The molecular weight excluding hydrogens is 372 g/mol. The monoisotopic (exact) mass is 404 g/mol. The molecule has 0 amide bonds. The summed E-state index contributed by atoms with van der Waals surface area (Å²) in [5.41, 5.74) is 0. The molecule has 11 heteroatoms. The fraction of sp³-hybridized carbons (Fsp3) is 0.765. The lowest BCUT2D eigenvalue weighted by molar-refractivity contribution is -0.140. The van der Waals surface area contributed by atoms with Crippen LogP contribution in [0.1, 0.15) is 6.92 Å². The van der Waals surface area contributed by atoms with Gasteiger partial charge in [0, 0.05) is 39.3 Å². The first-order valence-corrected chi connectivity index (χ1v) is 8.96. The number of carboxylic acids is 3. The van der Waals surface area contributed by atoms with Crippen LogP contribution in [0.25, 0.3) is 0 Å². The van der Waals surface area contributed by atoms with Crippen LogP contribution in [0.4, 0.5) is 0 Å². The number of nitrogens with zero attached hydrogens (tertiary/aromatic N) is 4. The lowest BCUT2D eigenvalue weighted by atomic mass is 10.3. The van der Waals surface area contributed by atoms with E-state index < -0.39 is 17.9 Å². The first-order valence-electron chi connectivity index (χ1n) is 8.96. The Morgan fingerprint density at radius 1 is 0.571 bits per heavy atom. The molecule has 0 fully saturated rings. The molecule has 0 aromatic carbocycles. The van der Waals surface area contributed by atoms with E-state index in [0.29, 0.717) is 39.3 Å². The molecule has 0 aliphatic heterocycles. The Balaban J connectivity index is 4.67. The molecule has 0 aliphatic carbocycles. The Morgan fingerprint density at radius 2 is 0.893 bits per heavy atom. The molecule has 0 radical (unpaired) electrons. The van der Waals surface area contributed by atoms with E-state index in [4.69, 9.17) is 15.3 Å². The molecule has 0 unspecified atom stereocenters. The van der Waals surface area contributed by atoms with Crippen molar-refractivity contribution in [2.75, 3.05) is 79.5 Å². The Kier molecular flexibility index (Phi) is 13.0. The van der Waals surface area contributed by atoms with Gasteiger partial charge < -0.3 is 15.3 Å². The fourth-order valence-corrected chi connectivity index (χ4v) is 2.57. The van der Waals surface area contributed by atoms with Gasteiger partial charge in [-0.05, 0) is 21.0 Å². The zero-order valence-electron chi connectivity index (χ0n) is 16.8. The Bertz CT molecular complexity index is 484. The largest absolute Gasteiger partial charge is 0.480 e. The quantitative estimate of drug-likeness (QED) is 0.255. The molecule has 0 saturated carbocycles. The summed E-state index contributed by atoms with van der Waals surface area (Å²) in [6, 6.07) is 0. The second-order valence-corrected chi connectivity index (χ2v) is 6.91. The lowest BCUT2D eigenvalue weighted by Crippen LogP contribution is -2.44. The minimum Gasteiger partial charge on any atom is -0.480 e. The molecule has 0 bridgehead atoms. The maximum absolute atomic E-state index is 11.5. The molecular formula is C17H32N4O7. The molecule has 0 rings (SSSR count). The zero-order chi connectivity index (χ0) is 21.7.